The zero-order chi connectivity index (χ0) is 18.3. The smallest absolute Gasteiger partial charge is 0.249 e. The molecule has 2 atom stereocenters. The number of carbonyl (C=O) groups is 2. The first-order valence-corrected chi connectivity index (χ1v) is 10.6. The van der Waals surface area contributed by atoms with Gasteiger partial charge in [0.05, 0.1) is 4.87 Å². The molecule has 0 aliphatic carbocycles. The van der Waals surface area contributed by atoms with Crippen molar-refractivity contribution in [2.24, 2.45) is 0 Å². The zero-order valence-corrected chi connectivity index (χ0v) is 16.6. The molecule has 0 radical (unpaired) electrons. The molecule has 0 saturated carbocycles. The second-order valence-corrected chi connectivity index (χ2v) is 9.68. The third-order valence-corrected chi connectivity index (χ3v) is 7.64. The Balaban J connectivity index is 1.44. The standard InChI is InChI=1S/C18H18ClN3O2S2/c1-18-7-6-15(23)22(18)14(10-25-18)16(24)21-17-20-9-12(26-17)8-11-4-2-3-5-13(11)19/h2-5,9,14H,6-8,10H2,1H3,(H,20,21,24). The molecule has 8 heteroatoms. The maximum Gasteiger partial charge on any atom is 0.249 e. The second kappa shape index (κ2) is 6.87. The molecule has 5 nitrogen and oxygen atoms in total. The number of amides is 2. The van der Waals surface area contributed by atoms with Crippen molar-refractivity contribution in [1.82, 2.24) is 9.88 Å². The first-order valence-electron chi connectivity index (χ1n) is 8.41. The monoisotopic (exact) mass is 407 g/mol. The van der Waals surface area contributed by atoms with E-state index in [4.69, 9.17) is 11.6 Å². The predicted molar refractivity (Wildman–Crippen MR) is 106 cm³/mol. The highest BCUT2D eigenvalue weighted by Crippen LogP contribution is 2.47. The Morgan fingerprint density at radius 1 is 1.46 bits per heavy atom. The normalized spacial score (nSPS) is 24.8. The topological polar surface area (TPSA) is 62.3 Å². The van der Waals surface area contributed by atoms with Crippen molar-refractivity contribution in [3.05, 3.63) is 45.9 Å². The highest BCUT2D eigenvalue weighted by molar-refractivity contribution is 8.01. The minimum Gasteiger partial charge on any atom is -0.315 e. The first-order chi connectivity index (χ1) is 12.5. The van der Waals surface area contributed by atoms with Gasteiger partial charge in [-0.05, 0) is 25.0 Å². The van der Waals surface area contributed by atoms with Crippen LogP contribution in [0.15, 0.2) is 30.5 Å². The van der Waals surface area contributed by atoms with Crippen molar-refractivity contribution in [3.63, 3.8) is 0 Å². The van der Waals surface area contributed by atoms with Crippen molar-refractivity contribution in [1.29, 1.82) is 0 Å². The van der Waals surface area contributed by atoms with E-state index < -0.39 is 6.04 Å². The maximum atomic E-state index is 12.7. The van der Waals surface area contributed by atoms with E-state index in [1.54, 1.807) is 22.9 Å². The number of hydrogen-bond acceptors (Lipinski definition) is 5. The van der Waals surface area contributed by atoms with E-state index >= 15 is 0 Å². The van der Waals surface area contributed by atoms with Gasteiger partial charge in [-0.15, -0.1) is 23.1 Å². The number of rotatable bonds is 4. The number of nitrogens with zero attached hydrogens (tertiary/aromatic N) is 2. The van der Waals surface area contributed by atoms with Gasteiger partial charge in [-0.3, -0.25) is 9.59 Å². The predicted octanol–water partition coefficient (Wildman–Crippen LogP) is 3.78. The summed E-state index contributed by atoms with van der Waals surface area (Å²) in [5.41, 5.74) is 1.03. The Hall–Kier alpha value is -1.57. The quantitative estimate of drug-likeness (QED) is 0.837. The van der Waals surface area contributed by atoms with Gasteiger partial charge >= 0.3 is 0 Å². The number of anilines is 1. The molecule has 2 aliphatic heterocycles. The van der Waals surface area contributed by atoms with Gasteiger partial charge in [0.25, 0.3) is 0 Å². The second-order valence-electron chi connectivity index (χ2n) is 6.65. The van der Waals surface area contributed by atoms with E-state index in [1.807, 2.05) is 31.2 Å². The Kier molecular flexibility index (Phi) is 4.71. The lowest BCUT2D eigenvalue weighted by atomic mass is 10.1. The maximum absolute atomic E-state index is 12.7. The first kappa shape index (κ1) is 17.8. The molecule has 1 aromatic carbocycles. The van der Waals surface area contributed by atoms with Gasteiger partial charge in [0.2, 0.25) is 11.8 Å². The van der Waals surface area contributed by atoms with Crippen molar-refractivity contribution in [2.45, 2.75) is 37.1 Å². The summed E-state index contributed by atoms with van der Waals surface area (Å²) in [6.45, 7) is 2.04. The Morgan fingerprint density at radius 3 is 3.08 bits per heavy atom. The fourth-order valence-corrected chi connectivity index (χ4v) is 5.95. The summed E-state index contributed by atoms with van der Waals surface area (Å²) in [5.74, 6) is 0.540. The molecule has 2 amide bonds. The fourth-order valence-electron chi connectivity index (χ4n) is 3.48. The van der Waals surface area contributed by atoms with Crippen molar-refractivity contribution >= 4 is 51.6 Å². The van der Waals surface area contributed by atoms with Crippen LogP contribution in [0.5, 0.6) is 0 Å². The molecule has 136 valence electrons. The molecule has 2 fully saturated rings. The molecule has 0 spiro atoms. The Labute approximate surface area is 165 Å². The molecule has 0 bridgehead atoms. The number of thiazole rings is 1. The molecule has 2 aromatic rings. The van der Waals surface area contributed by atoms with Crippen LogP contribution >= 0.6 is 34.7 Å². The number of aromatic nitrogens is 1. The lowest BCUT2D eigenvalue weighted by Gasteiger charge is -2.29. The highest BCUT2D eigenvalue weighted by Gasteiger charge is 2.52. The zero-order valence-electron chi connectivity index (χ0n) is 14.2. The third kappa shape index (κ3) is 3.23. The lowest BCUT2D eigenvalue weighted by Crippen LogP contribution is -2.48. The van der Waals surface area contributed by atoms with Crippen molar-refractivity contribution < 1.29 is 9.59 Å². The van der Waals surface area contributed by atoms with E-state index in [2.05, 4.69) is 10.3 Å². The van der Waals surface area contributed by atoms with Crippen molar-refractivity contribution in [3.8, 4) is 0 Å². The number of hydrogen-bond donors (Lipinski definition) is 1. The van der Waals surface area contributed by atoms with Crippen LogP contribution in [0, 0.1) is 0 Å². The largest absolute Gasteiger partial charge is 0.315 e. The average Bonchev–Trinajstić information content (AvgIpc) is 3.26. The third-order valence-electron chi connectivity index (χ3n) is 4.85. The molecular weight excluding hydrogens is 390 g/mol. The van der Waals surface area contributed by atoms with Crippen LogP contribution in [-0.2, 0) is 16.0 Å². The van der Waals surface area contributed by atoms with Crippen LogP contribution in [0.1, 0.15) is 30.2 Å². The lowest BCUT2D eigenvalue weighted by molar-refractivity contribution is -0.135. The number of carbonyl (C=O) groups excluding carboxylic acids is 2. The summed E-state index contributed by atoms with van der Waals surface area (Å²) in [6, 6.07) is 7.28. The van der Waals surface area contributed by atoms with Crippen molar-refractivity contribution in [2.75, 3.05) is 11.1 Å². The van der Waals surface area contributed by atoms with Gasteiger partial charge < -0.3 is 10.2 Å². The Bertz CT molecular complexity index is 872. The highest BCUT2D eigenvalue weighted by atomic mass is 35.5. The van der Waals surface area contributed by atoms with Gasteiger partial charge in [0, 0.05) is 34.7 Å². The average molecular weight is 408 g/mol. The van der Waals surface area contributed by atoms with Crippen LogP contribution in [0.25, 0.3) is 0 Å². The summed E-state index contributed by atoms with van der Waals surface area (Å²) >= 11 is 9.33. The van der Waals surface area contributed by atoms with Crippen LogP contribution < -0.4 is 5.32 Å². The molecular formula is C18H18ClN3O2S2. The number of thioether (sulfide) groups is 1. The van der Waals surface area contributed by atoms with Gasteiger partial charge in [-0.1, -0.05) is 29.8 Å². The van der Waals surface area contributed by atoms with Gasteiger partial charge in [-0.2, -0.15) is 0 Å². The number of fused-ring (bicyclic) bond motifs is 1. The van der Waals surface area contributed by atoms with Crippen LogP contribution in [0.3, 0.4) is 0 Å². The SMILES string of the molecule is CC12CCC(=O)N1C(C(=O)Nc1ncc(Cc3ccccc3Cl)s1)CS2. The Morgan fingerprint density at radius 2 is 2.27 bits per heavy atom. The summed E-state index contributed by atoms with van der Waals surface area (Å²) in [5, 5.41) is 4.16. The molecule has 2 saturated heterocycles. The van der Waals surface area contributed by atoms with E-state index in [0.717, 1.165) is 21.9 Å². The van der Waals surface area contributed by atoms with Crippen LogP contribution in [-0.4, -0.2) is 38.4 Å². The minimum absolute atomic E-state index is 0.0659. The summed E-state index contributed by atoms with van der Waals surface area (Å²) in [4.78, 5) is 31.7. The number of benzene rings is 1. The van der Waals surface area contributed by atoms with E-state index in [1.165, 1.54) is 11.3 Å². The molecule has 2 unspecified atom stereocenters. The summed E-state index contributed by atoms with van der Waals surface area (Å²) in [6.07, 6.45) is 3.76. The summed E-state index contributed by atoms with van der Waals surface area (Å²) < 4.78 is 0. The minimum atomic E-state index is -0.420. The van der Waals surface area contributed by atoms with Crippen LogP contribution in [0.2, 0.25) is 5.02 Å². The number of nitrogens with one attached hydrogen (secondary N) is 1. The van der Waals surface area contributed by atoms with Crippen LogP contribution in [0.4, 0.5) is 5.13 Å². The fraction of sp³-hybridized carbons (Fsp3) is 0.389. The van der Waals surface area contributed by atoms with Gasteiger partial charge in [0.1, 0.15) is 6.04 Å². The molecule has 1 aromatic heterocycles. The van der Waals surface area contributed by atoms with E-state index in [0.29, 0.717) is 23.7 Å². The number of halogens is 1. The van der Waals surface area contributed by atoms with Gasteiger partial charge in [-0.25, -0.2) is 4.98 Å². The summed E-state index contributed by atoms with van der Waals surface area (Å²) in [7, 11) is 0. The molecule has 26 heavy (non-hydrogen) atoms. The molecule has 1 N–H and O–H groups in total. The van der Waals surface area contributed by atoms with E-state index in [9.17, 15) is 9.59 Å². The molecule has 4 rings (SSSR count). The molecule has 2 aliphatic rings. The van der Waals surface area contributed by atoms with E-state index in [-0.39, 0.29) is 16.7 Å². The molecule has 3 heterocycles. The van der Waals surface area contributed by atoms with Gasteiger partial charge in [0.15, 0.2) is 5.13 Å².